The highest BCUT2D eigenvalue weighted by atomic mass is 32.2. The van der Waals surface area contributed by atoms with Crippen molar-refractivity contribution in [1.82, 2.24) is 36.0 Å². The zero-order valence-electron chi connectivity index (χ0n) is 33.9. The third-order valence-corrected chi connectivity index (χ3v) is 14.2. The van der Waals surface area contributed by atoms with E-state index in [1.807, 2.05) is 19.9 Å². The summed E-state index contributed by atoms with van der Waals surface area (Å²) in [6, 6.07) is 2.56. The van der Waals surface area contributed by atoms with Crippen LogP contribution in [-0.2, 0) is 29.1 Å². The summed E-state index contributed by atoms with van der Waals surface area (Å²) < 4.78 is 84.7. The number of allylic oxidation sites excluding steroid dienone is 1. The fourth-order valence-corrected chi connectivity index (χ4v) is 9.00. The van der Waals surface area contributed by atoms with Crippen molar-refractivity contribution in [3.05, 3.63) is 36.5 Å². The van der Waals surface area contributed by atoms with E-state index in [1.165, 1.54) is 18.2 Å². The van der Waals surface area contributed by atoms with E-state index in [1.54, 1.807) is 31.2 Å². The molecular weight excluding hydrogens is 800 g/mol. The van der Waals surface area contributed by atoms with Crippen LogP contribution < -0.4 is 30.4 Å². The third-order valence-electron chi connectivity index (χ3n) is 12.1. The van der Waals surface area contributed by atoms with Gasteiger partial charge in [-0.05, 0) is 83.3 Å². The molecule has 0 unspecified atom stereocenters. The number of methoxy groups -OCH3 is 1. The van der Waals surface area contributed by atoms with Gasteiger partial charge in [0.15, 0.2) is 0 Å². The first-order valence-corrected chi connectivity index (χ1v) is 21.2. The average molecular weight is 852 g/mol. The van der Waals surface area contributed by atoms with Gasteiger partial charge in [-0.25, -0.2) is 18.6 Å². The summed E-state index contributed by atoms with van der Waals surface area (Å²) >= 11 is 0. The van der Waals surface area contributed by atoms with E-state index in [0.29, 0.717) is 74.8 Å². The molecule has 1 aromatic carbocycles. The Morgan fingerprint density at radius 2 is 1.86 bits per heavy atom. The van der Waals surface area contributed by atoms with Crippen molar-refractivity contribution in [2.45, 2.75) is 126 Å². The number of halogens is 3. The molecule has 0 bridgehead atoms. The minimum atomic E-state index is -4.89. The number of hydrazine groups is 1. The van der Waals surface area contributed by atoms with E-state index >= 15 is 0 Å². The van der Waals surface area contributed by atoms with Crippen molar-refractivity contribution < 1.29 is 55.0 Å². The number of carbonyl (C=O) groups excluding carboxylic acids is 4. The van der Waals surface area contributed by atoms with Crippen molar-refractivity contribution >= 4 is 44.7 Å². The standard InChI is InChI=1S/C39H52F3N7O9S/c1-7-23-16-22(2)10-8-9-11-24-19-38(24,34(52)48-59(54,55)37(5)14-15-37)44-32(50)29-18-26(57-30-20-43-45-28-17-25(56-6)12-13-27(28)30)21-49(29)33(51)31(23)46-47-35(53)58-36(3,4)39(40,41)42/h9,11-13,17,20,22-24,26,29,31,46H,7-8,10,14-16,18-19,21H2,1-6H3,(H,44,50)(H,47,53)(H,48,52)/b11-9-/t22-,23-,24-,26-,29+,31+,38-/m1/s1. The summed E-state index contributed by atoms with van der Waals surface area (Å²) in [6.45, 7) is 6.58. The number of hydrogen-bond acceptors (Lipinski definition) is 12. The molecule has 324 valence electrons. The first-order valence-electron chi connectivity index (χ1n) is 19.8. The summed E-state index contributed by atoms with van der Waals surface area (Å²) in [5, 5.41) is 11.6. The van der Waals surface area contributed by atoms with Gasteiger partial charge in [0.25, 0.3) is 5.91 Å². The quantitative estimate of drug-likeness (QED) is 0.196. The Morgan fingerprint density at radius 1 is 1.14 bits per heavy atom. The molecule has 20 heteroatoms. The number of nitrogens with one attached hydrogen (secondary N) is 4. The van der Waals surface area contributed by atoms with E-state index in [0.717, 1.165) is 0 Å². The van der Waals surface area contributed by atoms with E-state index in [4.69, 9.17) is 14.2 Å². The van der Waals surface area contributed by atoms with Crippen molar-refractivity contribution in [3.8, 4) is 11.5 Å². The van der Waals surface area contributed by atoms with Crippen LogP contribution in [-0.4, -0.2) is 101 Å². The van der Waals surface area contributed by atoms with Crippen LogP contribution >= 0.6 is 0 Å². The normalized spacial score (nSPS) is 29.1. The highest BCUT2D eigenvalue weighted by Crippen LogP contribution is 2.48. The zero-order valence-corrected chi connectivity index (χ0v) is 34.7. The number of fused-ring (bicyclic) bond motifs is 3. The van der Waals surface area contributed by atoms with Crippen LogP contribution in [0.4, 0.5) is 18.0 Å². The zero-order chi connectivity index (χ0) is 43.1. The average Bonchev–Trinajstić information content (AvgIpc) is 4.05. The van der Waals surface area contributed by atoms with Gasteiger partial charge in [-0.3, -0.25) is 24.5 Å². The largest absolute Gasteiger partial charge is 0.497 e. The predicted octanol–water partition coefficient (Wildman–Crippen LogP) is 4.20. The Balaban J connectivity index is 1.34. The minimum Gasteiger partial charge on any atom is -0.497 e. The van der Waals surface area contributed by atoms with Crippen LogP contribution in [0.1, 0.15) is 86.0 Å². The second-order valence-electron chi connectivity index (χ2n) is 16.9. The maximum absolute atomic E-state index is 14.9. The van der Waals surface area contributed by atoms with Gasteiger partial charge in [0.2, 0.25) is 27.4 Å². The summed E-state index contributed by atoms with van der Waals surface area (Å²) in [5.41, 5.74) is 0.760. The molecule has 0 radical (unpaired) electrons. The molecule has 59 heavy (non-hydrogen) atoms. The van der Waals surface area contributed by atoms with Gasteiger partial charge in [-0.1, -0.05) is 32.4 Å². The lowest BCUT2D eigenvalue weighted by atomic mass is 9.85. The highest BCUT2D eigenvalue weighted by molar-refractivity contribution is 7.91. The second-order valence-corrected chi connectivity index (χ2v) is 19.1. The van der Waals surface area contributed by atoms with Crippen LogP contribution in [0.5, 0.6) is 11.5 Å². The molecule has 4 N–H and O–H groups in total. The maximum Gasteiger partial charge on any atom is 0.427 e. The molecule has 1 saturated heterocycles. The minimum absolute atomic E-state index is 0.0101. The van der Waals surface area contributed by atoms with Crippen molar-refractivity contribution in [1.29, 1.82) is 0 Å². The molecule has 0 spiro atoms. The van der Waals surface area contributed by atoms with Gasteiger partial charge in [-0.15, -0.1) is 0 Å². The lowest BCUT2D eigenvalue weighted by Gasteiger charge is -2.34. The number of benzene rings is 1. The monoisotopic (exact) mass is 851 g/mol. The molecule has 3 fully saturated rings. The van der Waals surface area contributed by atoms with Gasteiger partial charge in [0.1, 0.15) is 40.7 Å². The van der Waals surface area contributed by atoms with Gasteiger partial charge in [-0.2, -0.15) is 23.4 Å². The first-order chi connectivity index (χ1) is 27.6. The lowest BCUT2D eigenvalue weighted by molar-refractivity contribution is -0.244. The van der Waals surface area contributed by atoms with Crippen molar-refractivity contribution in [2.75, 3.05) is 13.7 Å². The van der Waals surface area contributed by atoms with Gasteiger partial charge < -0.3 is 24.4 Å². The SMILES string of the molecule is CC[C@@H]1C[C@H](C)CC/C=C\[C@@H]2C[C@@]2(C(=O)NS(=O)(=O)C2(C)CC2)NC(=O)[C@@H]2C[C@@H](Oc3cnnc4cc(OC)ccc34)CN2C(=O)[C@H]1NNC(=O)OC(C)(C)C(F)(F)F. The number of aromatic nitrogens is 2. The molecule has 6 rings (SSSR count). The molecular formula is C39H52F3N7O9S. The van der Waals surface area contributed by atoms with E-state index < -0.39 is 85.9 Å². The Hall–Kier alpha value is -4.72. The van der Waals surface area contributed by atoms with Crippen LogP contribution in [0.3, 0.4) is 0 Å². The Bertz CT molecular complexity index is 2100. The topological polar surface area (TPSA) is 207 Å². The molecule has 4 amide bonds. The van der Waals surface area contributed by atoms with Gasteiger partial charge in [0, 0.05) is 23.8 Å². The fourth-order valence-electron chi connectivity index (χ4n) is 7.68. The molecule has 2 aromatic rings. The van der Waals surface area contributed by atoms with Crippen molar-refractivity contribution in [2.24, 2.45) is 17.8 Å². The van der Waals surface area contributed by atoms with E-state index in [-0.39, 0.29) is 25.3 Å². The van der Waals surface area contributed by atoms with E-state index in [9.17, 15) is 40.8 Å². The summed E-state index contributed by atoms with van der Waals surface area (Å²) in [6.07, 6.45) is 0.753. The number of sulfonamides is 1. The van der Waals surface area contributed by atoms with Crippen LogP contribution in [0.15, 0.2) is 36.5 Å². The molecule has 2 aliphatic carbocycles. The van der Waals surface area contributed by atoms with Crippen LogP contribution in [0.2, 0.25) is 0 Å². The molecule has 2 saturated carbocycles. The molecule has 4 aliphatic rings. The van der Waals surface area contributed by atoms with Crippen molar-refractivity contribution in [3.63, 3.8) is 0 Å². The smallest absolute Gasteiger partial charge is 0.427 e. The molecule has 16 nitrogen and oxygen atoms in total. The number of carbonyl (C=O) groups is 4. The number of ether oxygens (including phenoxy) is 3. The molecule has 2 aliphatic heterocycles. The predicted molar refractivity (Wildman–Crippen MR) is 207 cm³/mol. The summed E-state index contributed by atoms with van der Waals surface area (Å²) in [4.78, 5) is 57.4. The van der Waals surface area contributed by atoms with Gasteiger partial charge in [0.05, 0.1) is 24.6 Å². The molecule has 1 aromatic heterocycles. The van der Waals surface area contributed by atoms with Crippen LogP contribution in [0, 0.1) is 17.8 Å². The number of hydrogen-bond donors (Lipinski definition) is 4. The number of rotatable bonds is 10. The molecule has 3 heterocycles. The first kappa shape index (κ1) is 43.8. The van der Waals surface area contributed by atoms with Gasteiger partial charge >= 0.3 is 12.3 Å². The highest BCUT2D eigenvalue weighted by Gasteiger charge is 2.63. The second kappa shape index (κ2) is 16.4. The summed E-state index contributed by atoms with van der Waals surface area (Å²) in [7, 11) is -2.57. The molecule has 7 atom stereocenters. The number of nitrogens with zero attached hydrogens (tertiary/aromatic N) is 3. The maximum atomic E-state index is 14.9. The van der Waals surface area contributed by atoms with E-state index in [2.05, 4.69) is 31.1 Å². The Labute approximate surface area is 340 Å². The number of alkyl halides is 3. The summed E-state index contributed by atoms with van der Waals surface area (Å²) in [5.74, 6) is -2.49. The fraction of sp³-hybridized carbons (Fsp3) is 0.641. The Kier molecular flexibility index (Phi) is 12.2. The van der Waals surface area contributed by atoms with Crippen LogP contribution in [0.25, 0.3) is 10.9 Å². The lowest BCUT2D eigenvalue weighted by Crippen LogP contribution is -2.61. The third kappa shape index (κ3) is 9.22. The Morgan fingerprint density at radius 3 is 2.53 bits per heavy atom. The number of amides is 4.